The van der Waals surface area contributed by atoms with Crippen LogP contribution in [0.1, 0.15) is 125 Å². The summed E-state index contributed by atoms with van der Waals surface area (Å²) in [5.74, 6) is -1.49. The number of aryl methyl sites for hydroxylation is 1. The quantitative estimate of drug-likeness (QED) is 0.132. The molecule has 0 unspecified atom stereocenters. The van der Waals surface area contributed by atoms with Gasteiger partial charge in [0, 0.05) is 40.3 Å². The maximum absolute atomic E-state index is 15.0. The largest absolute Gasteiger partial charge is 0.496 e. The second kappa shape index (κ2) is 17.7. The number of sulfonamides is 1. The van der Waals surface area contributed by atoms with E-state index in [1.807, 2.05) is 56.5 Å². The van der Waals surface area contributed by atoms with Crippen LogP contribution in [-0.4, -0.2) is 99.7 Å². The number of ether oxygens (including phenoxy) is 2. The van der Waals surface area contributed by atoms with E-state index in [0.29, 0.717) is 70.8 Å². The topological polar surface area (TPSA) is 215 Å². The summed E-state index contributed by atoms with van der Waals surface area (Å²) in [6, 6.07) is 3.39. The van der Waals surface area contributed by atoms with Crippen molar-refractivity contribution in [3.05, 3.63) is 64.4 Å². The highest BCUT2D eigenvalue weighted by molar-refractivity contribution is 7.91. The zero-order valence-corrected chi connectivity index (χ0v) is 38.2. The molecule has 63 heavy (non-hydrogen) atoms. The van der Waals surface area contributed by atoms with Gasteiger partial charge in [0.25, 0.3) is 11.8 Å². The number of carbonyl (C=O) groups is 4. The van der Waals surface area contributed by atoms with Crippen LogP contribution in [0.4, 0.5) is 0 Å². The fourth-order valence-corrected chi connectivity index (χ4v) is 11.0. The van der Waals surface area contributed by atoms with Gasteiger partial charge >= 0.3 is 0 Å². The standard InChI is InChI=1S/C45H56N8O8S2/c1-24(2)31-21-46-51-39(31)41(55)48-32-13-11-9-7-8-10-12-27-20-45(27,44(57)52-63(58,59)29-14-15-29)50-40(54)35-18-28(22-53(35)43(32)56)61-37-19-33(42-49-34(23-62-42)25(3)4)47-38-26(5)36(60-6)17-16-30(37)38/h10,12,16-17,19,21,23-25,27-29,32,35H,7-9,11,13-15,18,20,22H2,1-6H3,(H,46,51)(H,48,55)(H,50,54)(H,52,57)/b12-10-/t27-,28-,32+,35+,45-/m1/s1. The highest BCUT2D eigenvalue weighted by Crippen LogP contribution is 2.46. The first kappa shape index (κ1) is 44.3. The summed E-state index contributed by atoms with van der Waals surface area (Å²) >= 11 is 1.48. The van der Waals surface area contributed by atoms with Crippen LogP contribution in [0.2, 0.25) is 0 Å². The zero-order chi connectivity index (χ0) is 44.8. The Labute approximate surface area is 371 Å². The van der Waals surface area contributed by atoms with Crippen LogP contribution < -0.4 is 24.8 Å². The number of aromatic amines is 1. The Morgan fingerprint density at radius 3 is 2.54 bits per heavy atom. The van der Waals surface area contributed by atoms with Crippen molar-refractivity contribution in [1.82, 2.24) is 40.4 Å². The number of thiazole rings is 1. The molecular formula is C45H56N8O8S2. The van der Waals surface area contributed by atoms with Gasteiger partial charge in [0.2, 0.25) is 21.8 Å². The second-order valence-electron chi connectivity index (χ2n) is 17.9. The lowest BCUT2D eigenvalue weighted by Gasteiger charge is -2.30. The van der Waals surface area contributed by atoms with E-state index in [1.54, 1.807) is 13.3 Å². The Kier molecular flexibility index (Phi) is 12.4. The summed E-state index contributed by atoms with van der Waals surface area (Å²) in [7, 11) is -2.32. The second-order valence-corrected chi connectivity index (χ2v) is 20.7. The van der Waals surface area contributed by atoms with E-state index >= 15 is 0 Å². The number of fused-ring (bicyclic) bond motifs is 3. The highest BCUT2D eigenvalue weighted by Gasteiger charge is 2.62. The predicted molar refractivity (Wildman–Crippen MR) is 238 cm³/mol. The fourth-order valence-electron chi connectivity index (χ4n) is 8.65. The molecule has 4 amide bonds. The third kappa shape index (κ3) is 9.06. The monoisotopic (exact) mass is 900 g/mol. The smallest absolute Gasteiger partial charge is 0.270 e. The van der Waals surface area contributed by atoms with Gasteiger partial charge in [-0.05, 0) is 69.4 Å². The van der Waals surface area contributed by atoms with Crippen molar-refractivity contribution >= 4 is 55.9 Å². The highest BCUT2D eigenvalue weighted by atomic mass is 32.2. The van der Waals surface area contributed by atoms with E-state index in [2.05, 4.69) is 39.4 Å². The lowest BCUT2D eigenvalue weighted by molar-refractivity contribution is -0.141. The van der Waals surface area contributed by atoms with Crippen LogP contribution in [-0.2, 0) is 24.4 Å². The number of nitrogens with one attached hydrogen (secondary N) is 4. The Morgan fingerprint density at radius 2 is 1.83 bits per heavy atom. The molecule has 0 radical (unpaired) electrons. The molecule has 3 aromatic heterocycles. The molecule has 5 atom stereocenters. The summed E-state index contributed by atoms with van der Waals surface area (Å²) < 4.78 is 40.8. The number of H-pyrrole nitrogens is 1. The van der Waals surface area contributed by atoms with E-state index in [1.165, 1.54) is 16.2 Å². The number of carbonyl (C=O) groups excluding carboxylic acids is 4. The molecule has 18 heteroatoms. The van der Waals surface area contributed by atoms with E-state index in [4.69, 9.17) is 19.4 Å². The van der Waals surface area contributed by atoms with E-state index in [9.17, 15) is 27.6 Å². The van der Waals surface area contributed by atoms with Crippen molar-refractivity contribution < 1.29 is 37.1 Å². The average Bonchev–Trinajstić information content (AvgIpc) is 4.00. The first-order chi connectivity index (χ1) is 30.1. The molecule has 4 aliphatic rings. The zero-order valence-electron chi connectivity index (χ0n) is 36.5. The van der Waals surface area contributed by atoms with Gasteiger partial charge in [-0.2, -0.15) is 5.10 Å². The van der Waals surface area contributed by atoms with Crippen molar-refractivity contribution in [3.63, 3.8) is 0 Å². The van der Waals surface area contributed by atoms with Crippen LogP contribution >= 0.6 is 11.3 Å². The van der Waals surface area contributed by atoms with Crippen molar-refractivity contribution in [3.8, 4) is 22.2 Å². The number of methoxy groups -OCH3 is 1. The molecule has 0 spiro atoms. The maximum atomic E-state index is 15.0. The number of pyridine rings is 1. The minimum atomic E-state index is -3.92. The minimum absolute atomic E-state index is 0.0108. The average molecular weight is 901 g/mol. The number of allylic oxidation sites excluding steroid dienone is 1. The molecule has 4 aromatic rings. The Hall–Kier alpha value is -5.36. The van der Waals surface area contributed by atoms with Crippen molar-refractivity contribution in [2.45, 2.75) is 133 Å². The summed E-state index contributed by atoms with van der Waals surface area (Å²) in [6.45, 7) is 9.94. The van der Waals surface area contributed by atoms with Gasteiger partial charge in [0.15, 0.2) is 0 Å². The Morgan fingerprint density at radius 1 is 1.03 bits per heavy atom. The van der Waals surface area contributed by atoms with Crippen LogP contribution in [0.3, 0.4) is 0 Å². The van der Waals surface area contributed by atoms with Crippen LogP contribution in [0.25, 0.3) is 21.6 Å². The fraction of sp³-hybridized carbons (Fsp3) is 0.533. The SMILES string of the molecule is COc1ccc2c(O[C@@H]3C[C@H]4C(=O)N[C@]5(C(=O)NS(=O)(=O)C6CC6)C[C@H]5/C=C\CCCCC[C@H](NC(=O)c5[nH]ncc5C(C)C)C(=O)N4C3)cc(-c3nc(C(C)C)cs3)nc2c1C. The Bertz CT molecular complexity index is 2570. The molecule has 2 saturated carbocycles. The van der Waals surface area contributed by atoms with Crippen LogP contribution in [0.5, 0.6) is 11.5 Å². The van der Waals surface area contributed by atoms with Crippen LogP contribution in [0, 0.1) is 12.8 Å². The van der Waals surface area contributed by atoms with Gasteiger partial charge in [-0.1, -0.05) is 52.7 Å². The van der Waals surface area contributed by atoms with E-state index in [0.717, 1.165) is 24.1 Å². The van der Waals surface area contributed by atoms with Gasteiger partial charge in [-0.3, -0.25) is 29.0 Å². The van der Waals surface area contributed by atoms with Gasteiger partial charge in [-0.15, -0.1) is 11.3 Å². The summed E-state index contributed by atoms with van der Waals surface area (Å²) in [5.41, 5.74) is 2.42. The van der Waals surface area contributed by atoms with E-state index in [-0.39, 0.29) is 36.9 Å². The number of nitrogens with zero attached hydrogens (tertiary/aromatic N) is 4. The maximum Gasteiger partial charge on any atom is 0.270 e. The normalized spacial score (nSPS) is 24.9. The summed E-state index contributed by atoms with van der Waals surface area (Å²) in [5, 5.41) is 15.6. The summed E-state index contributed by atoms with van der Waals surface area (Å²) in [6.07, 6.45) is 9.05. The lowest BCUT2D eigenvalue weighted by Crippen LogP contribution is -2.58. The molecule has 16 nitrogen and oxygen atoms in total. The van der Waals surface area contributed by atoms with Crippen molar-refractivity contribution in [2.75, 3.05) is 13.7 Å². The number of hydrogen-bond acceptors (Lipinski definition) is 12. The molecule has 8 rings (SSSR count). The van der Waals surface area contributed by atoms with Crippen molar-refractivity contribution in [2.24, 2.45) is 5.92 Å². The molecule has 1 aromatic carbocycles. The van der Waals surface area contributed by atoms with Gasteiger partial charge < -0.3 is 25.0 Å². The molecule has 1 saturated heterocycles. The molecule has 0 bridgehead atoms. The van der Waals surface area contributed by atoms with E-state index < -0.39 is 68.5 Å². The Balaban J connectivity index is 1.15. The molecule has 336 valence electrons. The predicted octanol–water partition coefficient (Wildman–Crippen LogP) is 5.80. The molecule has 3 fully saturated rings. The summed E-state index contributed by atoms with van der Waals surface area (Å²) in [4.78, 5) is 68.9. The van der Waals surface area contributed by atoms with Crippen LogP contribution in [0.15, 0.2) is 41.9 Å². The first-order valence-corrected chi connectivity index (χ1v) is 24.3. The van der Waals surface area contributed by atoms with Crippen molar-refractivity contribution in [1.29, 1.82) is 0 Å². The first-order valence-electron chi connectivity index (χ1n) is 21.9. The lowest BCUT2D eigenvalue weighted by atomic mass is 10.0. The number of aromatic nitrogens is 4. The molecule has 4 N–H and O–H groups in total. The third-order valence-corrected chi connectivity index (χ3v) is 15.4. The third-order valence-electron chi connectivity index (χ3n) is 12.7. The number of amides is 4. The van der Waals surface area contributed by atoms with Gasteiger partial charge in [0.05, 0.1) is 36.3 Å². The van der Waals surface area contributed by atoms with Gasteiger partial charge in [0.1, 0.15) is 51.6 Å². The molecule has 5 heterocycles. The number of rotatable bonds is 11. The molecule has 2 aliphatic carbocycles. The molecular weight excluding hydrogens is 845 g/mol. The minimum Gasteiger partial charge on any atom is -0.496 e. The molecule has 2 aliphatic heterocycles. The number of benzene rings is 1. The van der Waals surface area contributed by atoms with Gasteiger partial charge in [-0.25, -0.2) is 18.4 Å². The number of hydrogen-bond donors (Lipinski definition) is 4.